The number of carbonyl (C=O) groups excluding carboxylic acids is 2. The van der Waals surface area contributed by atoms with E-state index in [4.69, 9.17) is 9.84 Å². The first kappa shape index (κ1) is 16.9. The molecular formula is C14H27O4+. The summed E-state index contributed by atoms with van der Waals surface area (Å²) in [6, 6.07) is 0. The van der Waals surface area contributed by atoms with E-state index in [0.717, 1.165) is 32.1 Å². The Labute approximate surface area is 110 Å². The molecule has 0 radical (unpaired) electrons. The Morgan fingerprint density at radius 1 is 0.889 bits per heavy atom. The summed E-state index contributed by atoms with van der Waals surface area (Å²) in [6.45, 7) is 2.61. The molecule has 0 rings (SSSR count). The molecule has 0 aliphatic rings. The highest BCUT2D eigenvalue weighted by atomic mass is 16.5. The summed E-state index contributed by atoms with van der Waals surface area (Å²) in [5.74, 6) is -0.623. The van der Waals surface area contributed by atoms with Crippen LogP contribution in [0.3, 0.4) is 0 Å². The van der Waals surface area contributed by atoms with Crippen LogP contribution >= 0.6 is 0 Å². The van der Waals surface area contributed by atoms with Gasteiger partial charge in [0.1, 0.15) is 6.42 Å². The molecular weight excluding hydrogens is 232 g/mol. The molecule has 0 saturated carbocycles. The van der Waals surface area contributed by atoms with E-state index in [-0.39, 0.29) is 5.97 Å². The minimum atomic E-state index is -0.515. The molecule has 0 aromatic heterocycles. The van der Waals surface area contributed by atoms with Crippen molar-refractivity contribution in [3.63, 3.8) is 0 Å². The number of esters is 1. The number of hydrogen-bond donors (Lipinski definition) is 0. The lowest BCUT2D eigenvalue weighted by atomic mass is 10.1. The molecule has 0 heterocycles. The number of hydrogen-bond acceptors (Lipinski definition) is 3. The summed E-state index contributed by atoms with van der Waals surface area (Å²) < 4.78 is 5.08. The van der Waals surface area contributed by atoms with Crippen LogP contribution in [-0.2, 0) is 14.3 Å². The zero-order valence-corrected chi connectivity index (χ0v) is 11.5. The molecule has 0 aromatic rings. The van der Waals surface area contributed by atoms with E-state index in [1.807, 2.05) is 0 Å². The summed E-state index contributed by atoms with van der Waals surface area (Å²) in [5.41, 5.74) is 0. The molecule has 0 bridgehead atoms. The first-order valence-electron chi connectivity index (χ1n) is 7.07. The van der Waals surface area contributed by atoms with Crippen molar-refractivity contribution < 1.29 is 19.4 Å². The summed E-state index contributed by atoms with van der Waals surface area (Å²) in [6.07, 6.45) is 8.86. The Bertz CT molecular complexity index is 226. The Morgan fingerprint density at radius 2 is 1.50 bits per heavy atom. The molecule has 0 fully saturated rings. The molecule has 4 nitrogen and oxygen atoms in total. The van der Waals surface area contributed by atoms with Gasteiger partial charge in [0.25, 0.3) is 0 Å². The molecule has 0 aliphatic heterocycles. The summed E-state index contributed by atoms with van der Waals surface area (Å²) in [7, 11) is 0. The lowest BCUT2D eigenvalue weighted by molar-refractivity contribution is -0.144. The molecule has 0 atom stereocenters. The average molecular weight is 259 g/mol. The fourth-order valence-corrected chi connectivity index (χ4v) is 1.70. The van der Waals surface area contributed by atoms with Gasteiger partial charge in [0.05, 0.1) is 6.61 Å². The summed E-state index contributed by atoms with van der Waals surface area (Å²) in [4.78, 5) is 21.7. The number of unbranched alkanes of at least 4 members (excludes halogenated alkanes) is 6. The third-order valence-corrected chi connectivity index (χ3v) is 2.80. The van der Waals surface area contributed by atoms with Crippen molar-refractivity contribution in [1.82, 2.24) is 0 Å². The Hall–Kier alpha value is -1.06. The third kappa shape index (κ3) is 13.0. The number of rotatable bonds is 12. The van der Waals surface area contributed by atoms with E-state index in [1.54, 1.807) is 0 Å². The smallest absolute Gasteiger partial charge is 0.515 e. The SMILES string of the molecule is CCCCCCCC(=O)OCCCCCC(=O)[OH2+]. The fraction of sp³-hybridized carbons (Fsp3) is 0.857. The van der Waals surface area contributed by atoms with Gasteiger partial charge in [-0.2, -0.15) is 0 Å². The second-order valence-corrected chi connectivity index (χ2v) is 4.62. The molecule has 0 aliphatic carbocycles. The van der Waals surface area contributed by atoms with Crippen LogP contribution in [0.25, 0.3) is 0 Å². The quantitative estimate of drug-likeness (QED) is 0.307. The predicted octanol–water partition coefficient (Wildman–Crippen LogP) is 2.70. The Kier molecular flexibility index (Phi) is 11.7. The first-order chi connectivity index (χ1) is 8.66. The maximum atomic E-state index is 11.3. The molecule has 0 spiro atoms. The van der Waals surface area contributed by atoms with E-state index in [0.29, 0.717) is 19.4 Å². The number of ether oxygens (including phenoxy) is 1. The first-order valence-corrected chi connectivity index (χ1v) is 7.07. The third-order valence-electron chi connectivity index (χ3n) is 2.80. The van der Waals surface area contributed by atoms with Crippen molar-refractivity contribution in [3.05, 3.63) is 0 Å². The Morgan fingerprint density at radius 3 is 2.17 bits per heavy atom. The van der Waals surface area contributed by atoms with Crippen molar-refractivity contribution in [1.29, 1.82) is 0 Å². The van der Waals surface area contributed by atoms with Crippen LogP contribution in [0.2, 0.25) is 0 Å². The second-order valence-electron chi connectivity index (χ2n) is 4.62. The van der Waals surface area contributed by atoms with E-state index >= 15 is 0 Å². The van der Waals surface area contributed by atoms with Crippen molar-refractivity contribution in [3.8, 4) is 0 Å². The van der Waals surface area contributed by atoms with Crippen LogP contribution < -0.4 is 0 Å². The van der Waals surface area contributed by atoms with Gasteiger partial charge in [-0.3, -0.25) is 4.79 Å². The normalized spacial score (nSPS) is 10.3. The zero-order chi connectivity index (χ0) is 13.6. The van der Waals surface area contributed by atoms with E-state index in [1.165, 1.54) is 19.3 Å². The van der Waals surface area contributed by atoms with Gasteiger partial charge >= 0.3 is 11.9 Å². The van der Waals surface area contributed by atoms with E-state index in [2.05, 4.69) is 6.92 Å². The molecule has 106 valence electrons. The highest BCUT2D eigenvalue weighted by Crippen LogP contribution is 2.06. The standard InChI is InChI=1S/C14H26O4/c1-2-3-4-5-8-11-14(17)18-12-9-6-7-10-13(15)16/h2-12H2,1H3,(H,15,16)/p+1. The average Bonchev–Trinajstić information content (AvgIpc) is 2.33. The lowest BCUT2D eigenvalue weighted by Crippen LogP contribution is -2.05. The zero-order valence-electron chi connectivity index (χ0n) is 11.5. The maximum absolute atomic E-state index is 11.3. The topological polar surface area (TPSA) is 66.3 Å². The highest BCUT2D eigenvalue weighted by Gasteiger charge is 2.05. The molecule has 2 N–H and O–H groups in total. The van der Waals surface area contributed by atoms with Crippen molar-refractivity contribution >= 4 is 11.9 Å². The molecule has 4 heteroatoms. The van der Waals surface area contributed by atoms with Gasteiger partial charge in [-0.05, 0) is 25.7 Å². The minimum Gasteiger partial charge on any atom is -0.565 e. The second kappa shape index (κ2) is 12.4. The van der Waals surface area contributed by atoms with E-state index < -0.39 is 5.97 Å². The molecule has 0 saturated heterocycles. The monoisotopic (exact) mass is 259 g/mol. The van der Waals surface area contributed by atoms with Gasteiger partial charge in [0, 0.05) is 11.2 Å². The summed E-state index contributed by atoms with van der Waals surface area (Å²) in [5, 5.41) is 6.73. The van der Waals surface area contributed by atoms with Crippen molar-refractivity contribution in [2.45, 2.75) is 71.1 Å². The van der Waals surface area contributed by atoms with Gasteiger partial charge in [0.15, 0.2) is 0 Å². The molecule has 0 unspecified atom stereocenters. The van der Waals surface area contributed by atoms with Gasteiger partial charge in [-0.15, -0.1) is 0 Å². The molecule has 0 aromatic carbocycles. The largest absolute Gasteiger partial charge is 0.565 e. The van der Waals surface area contributed by atoms with Crippen molar-refractivity contribution in [2.24, 2.45) is 0 Å². The van der Waals surface area contributed by atoms with Crippen molar-refractivity contribution in [2.75, 3.05) is 6.61 Å². The minimum absolute atomic E-state index is 0.108. The Balaban J connectivity index is 3.19. The van der Waals surface area contributed by atoms with Gasteiger partial charge < -0.3 is 9.84 Å². The summed E-state index contributed by atoms with van der Waals surface area (Å²) >= 11 is 0. The van der Waals surface area contributed by atoms with Gasteiger partial charge in [-0.25, -0.2) is 0 Å². The molecule has 18 heavy (non-hydrogen) atoms. The van der Waals surface area contributed by atoms with Crippen LogP contribution in [0, 0.1) is 0 Å². The molecule has 0 amide bonds. The van der Waals surface area contributed by atoms with Gasteiger partial charge in [0.2, 0.25) is 0 Å². The van der Waals surface area contributed by atoms with E-state index in [9.17, 15) is 9.59 Å². The highest BCUT2D eigenvalue weighted by molar-refractivity contribution is 5.69. The van der Waals surface area contributed by atoms with Crippen LogP contribution in [-0.4, -0.2) is 23.7 Å². The fourth-order valence-electron chi connectivity index (χ4n) is 1.70. The van der Waals surface area contributed by atoms with Crippen LogP contribution in [0.15, 0.2) is 0 Å². The van der Waals surface area contributed by atoms with Crippen LogP contribution in [0.1, 0.15) is 71.1 Å². The van der Waals surface area contributed by atoms with Crippen LogP contribution in [0.5, 0.6) is 0 Å². The number of carbonyl (C=O) groups is 2. The van der Waals surface area contributed by atoms with Crippen LogP contribution in [0.4, 0.5) is 0 Å². The maximum Gasteiger partial charge on any atom is 0.515 e. The lowest BCUT2D eigenvalue weighted by Gasteiger charge is -2.04. The van der Waals surface area contributed by atoms with Gasteiger partial charge in [-0.1, -0.05) is 32.6 Å². The predicted molar refractivity (Wildman–Crippen MR) is 71.4 cm³/mol.